The first-order valence-electron chi connectivity index (χ1n) is 9.87. The summed E-state index contributed by atoms with van der Waals surface area (Å²) in [4.78, 5) is 27.5. The van der Waals surface area contributed by atoms with Crippen molar-refractivity contribution in [1.29, 1.82) is 0 Å². The maximum atomic E-state index is 13.8. The van der Waals surface area contributed by atoms with Crippen molar-refractivity contribution in [2.45, 2.75) is 19.3 Å². The minimum absolute atomic E-state index is 0.110. The first-order valence-corrected chi connectivity index (χ1v) is 9.87. The summed E-state index contributed by atoms with van der Waals surface area (Å²) < 4.78 is 18.8. The van der Waals surface area contributed by atoms with Gasteiger partial charge in [-0.05, 0) is 43.2 Å². The van der Waals surface area contributed by atoms with Gasteiger partial charge in [0.25, 0.3) is 5.91 Å². The molecule has 154 valence electrons. The van der Waals surface area contributed by atoms with Gasteiger partial charge in [0.1, 0.15) is 5.82 Å². The highest BCUT2D eigenvalue weighted by molar-refractivity contribution is 5.95. The second-order valence-electron chi connectivity index (χ2n) is 7.48. The number of amides is 2. The molecule has 29 heavy (non-hydrogen) atoms. The Morgan fingerprint density at radius 2 is 1.93 bits per heavy atom. The smallest absolute Gasteiger partial charge is 0.253 e. The van der Waals surface area contributed by atoms with E-state index in [0.717, 1.165) is 11.1 Å². The lowest BCUT2D eigenvalue weighted by atomic mass is 9.88. The molecule has 0 aliphatic carbocycles. The molecule has 2 aromatic carbocycles. The number of aryl methyl sites for hydroxylation is 1. The summed E-state index contributed by atoms with van der Waals surface area (Å²) in [5.74, 6) is -1.24. The first kappa shape index (κ1) is 21.0. The fourth-order valence-electron chi connectivity index (χ4n) is 3.75. The Labute approximate surface area is 170 Å². The van der Waals surface area contributed by atoms with Crippen molar-refractivity contribution in [3.8, 4) is 0 Å². The Bertz CT molecular complexity index is 853. The van der Waals surface area contributed by atoms with E-state index in [1.54, 1.807) is 30.2 Å². The molecular weight excluding hydrogens is 371 g/mol. The molecule has 1 heterocycles. The Kier molecular flexibility index (Phi) is 6.99. The third kappa shape index (κ3) is 5.21. The van der Waals surface area contributed by atoms with Crippen LogP contribution in [0.3, 0.4) is 0 Å². The predicted octanol–water partition coefficient (Wildman–Crippen LogP) is 3.14. The highest BCUT2D eigenvalue weighted by Gasteiger charge is 2.40. The monoisotopic (exact) mass is 398 g/mol. The number of benzene rings is 2. The lowest BCUT2D eigenvalue weighted by molar-refractivity contribution is -0.124. The SMILES string of the molecule is COCCCNC(=O)[C@@H]1CN(C(=O)c2ccc(C)cc2)C[C@@H]1c1cccc(F)c1. The molecule has 2 aromatic rings. The van der Waals surface area contributed by atoms with Crippen LogP contribution < -0.4 is 5.32 Å². The van der Waals surface area contributed by atoms with Crippen LogP contribution in [0.2, 0.25) is 0 Å². The van der Waals surface area contributed by atoms with Gasteiger partial charge in [0, 0.05) is 44.8 Å². The Morgan fingerprint density at radius 1 is 1.17 bits per heavy atom. The van der Waals surface area contributed by atoms with Crippen LogP contribution in [0, 0.1) is 18.7 Å². The van der Waals surface area contributed by atoms with E-state index in [1.165, 1.54) is 12.1 Å². The van der Waals surface area contributed by atoms with Crippen LogP contribution in [0.15, 0.2) is 48.5 Å². The van der Waals surface area contributed by atoms with Crippen LogP contribution in [-0.2, 0) is 9.53 Å². The number of hydrogen-bond donors (Lipinski definition) is 1. The van der Waals surface area contributed by atoms with Crippen LogP contribution >= 0.6 is 0 Å². The quantitative estimate of drug-likeness (QED) is 0.729. The molecule has 2 amide bonds. The van der Waals surface area contributed by atoms with Crippen LogP contribution in [-0.4, -0.2) is 50.1 Å². The van der Waals surface area contributed by atoms with E-state index in [-0.39, 0.29) is 23.5 Å². The molecule has 1 saturated heterocycles. The van der Waals surface area contributed by atoms with E-state index < -0.39 is 5.92 Å². The van der Waals surface area contributed by atoms with Gasteiger partial charge >= 0.3 is 0 Å². The van der Waals surface area contributed by atoms with Crippen molar-refractivity contribution < 1.29 is 18.7 Å². The number of rotatable bonds is 7. The minimum atomic E-state index is -0.422. The van der Waals surface area contributed by atoms with Gasteiger partial charge in [-0.2, -0.15) is 0 Å². The number of halogens is 1. The summed E-state index contributed by atoms with van der Waals surface area (Å²) in [6, 6.07) is 13.7. The van der Waals surface area contributed by atoms with Gasteiger partial charge < -0.3 is 15.0 Å². The number of hydrogen-bond acceptors (Lipinski definition) is 3. The van der Waals surface area contributed by atoms with E-state index in [2.05, 4.69) is 5.32 Å². The topological polar surface area (TPSA) is 58.6 Å². The fraction of sp³-hybridized carbons (Fsp3) is 0.391. The Balaban J connectivity index is 1.78. The highest BCUT2D eigenvalue weighted by Crippen LogP contribution is 2.34. The molecule has 0 spiro atoms. The van der Waals surface area contributed by atoms with Crippen molar-refractivity contribution in [2.75, 3.05) is 33.4 Å². The van der Waals surface area contributed by atoms with Crippen molar-refractivity contribution in [1.82, 2.24) is 10.2 Å². The van der Waals surface area contributed by atoms with Crippen molar-refractivity contribution in [3.05, 3.63) is 71.0 Å². The van der Waals surface area contributed by atoms with Gasteiger partial charge in [0.15, 0.2) is 0 Å². The van der Waals surface area contributed by atoms with Crippen LogP contribution in [0.25, 0.3) is 0 Å². The molecule has 1 N–H and O–H groups in total. The fourth-order valence-corrected chi connectivity index (χ4v) is 3.75. The number of ether oxygens (including phenoxy) is 1. The lowest BCUT2D eigenvalue weighted by Gasteiger charge is -2.18. The summed E-state index contributed by atoms with van der Waals surface area (Å²) in [5.41, 5.74) is 2.41. The van der Waals surface area contributed by atoms with Crippen LogP contribution in [0.1, 0.15) is 33.8 Å². The lowest BCUT2D eigenvalue weighted by Crippen LogP contribution is -2.36. The van der Waals surface area contributed by atoms with Crippen molar-refractivity contribution in [3.63, 3.8) is 0 Å². The molecule has 0 radical (unpaired) electrons. The van der Waals surface area contributed by atoms with Crippen LogP contribution in [0.4, 0.5) is 4.39 Å². The second kappa shape index (κ2) is 9.65. The van der Waals surface area contributed by atoms with E-state index in [1.807, 2.05) is 25.1 Å². The summed E-state index contributed by atoms with van der Waals surface area (Å²) in [6.45, 7) is 3.73. The molecule has 0 aromatic heterocycles. The molecule has 3 rings (SSSR count). The largest absolute Gasteiger partial charge is 0.385 e. The zero-order chi connectivity index (χ0) is 20.8. The number of carbonyl (C=O) groups excluding carboxylic acids is 2. The number of nitrogens with one attached hydrogen (secondary N) is 1. The molecule has 1 aliphatic rings. The Morgan fingerprint density at radius 3 is 2.62 bits per heavy atom. The maximum absolute atomic E-state index is 13.8. The Hall–Kier alpha value is -2.73. The van der Waals surface area contributed by atoms with Gasteiger partial charge in [-0.25, -0.2) is 4.39 Å². The third-order valence-electron chi connectivity index (χ3n) is 5.34. The molecule has 1 aliphatic heterocycles. The van der Waals surface area contributed by atoms with Gasteiger partial charge in [0.2, 0.25) is 5.91 Å². The minimum Gasteiger partial charge on any atom is -0.385 e. The van der Waals surface area contributed by atoms with E-state index in [9.17, 15) is 14.0 Å². The maximum Gasteiger partial charge on any atom is 0.253 e. The average molecular weight is 398 g/mol. The number of likely N-dealkylation sites (tertiary alicyclic amines) is 1. The third-order valence-corrected chi connectivity index (χ3v) is 5.34. The molecule has 1 fully saturated rings. The predicted molar refractivity (Wildman–Crippen MR) is 109 cm³/mol. The van der Waals surface area contributed by atoms with Gasteiger partial charge in [-0.1, -0.05) is 29.8 Å². The second-order valence-corrected chi connectivity index (χ2v) is 7.48. The molecular formula is C23H27FN2O3. The summed E-state index contributed by atoms with van der Waals surface area (Å²) in [5, 5.41) is 2.93. The van der Waals surface area contributed by atoms with Crippen molar-refractivity contribution >= 4 is 11.8 Å². The molecule has 0 saturated carbocycles. The number of nitrogens with zero attached hydrogens (tertiary/aromatic N) is 1. The van der Waals surface area contributed by atoms with Gasteiger partial charge in [0.05, 0.1) is 5.92 Å². The summed E-state index contributed by atoms with van der Waals surface area (Å²) in [6.07, 6.45) is 0.714. The molecule has 6 heteroatoms. The average Bonchev–Trinajstić information content (AvgIpc) is 3.17. The zero-order valence-corrected chi connectivity index (χ0v) is 16.9. The number of carbonyl (C=O) groups is 2. The van der Waals surface area contributed by atoms with Crippen LogP contribution in [0.5, 0.6) is 0 Å². The van der Waals surface area contributed by atoms with E-state index in [0.29, 0.717) is 38.2 Å². The standard InChI is InChI=1S/C23H27FN2O3/c1-16-7-9-17(10-8-16)23(28)26-14-20(18-5-3-6-19(24)13-18)21(15-26)22(27)25-11-4-12-29-2/h3,5-10,13,20-21H,4,11-12,14-15H2,1-2H3,(H,25,27)/t20-,21-/m1/s1. The molecule has 5 nitrogen and oxygen atoms in total. The number of methoxy groups -OCH3 is 1. The van der Waals surface area contributed by atoms with E-state index >= 15 is 0 Å². The normalized spacial score (nSPS) is 18.7. The van der Waals surface area contributed by atoms with Crippen molar-refractivity contribution in [2.24, 2.45) is 5.92 Å². The van der Waals surface area contributed by atoms with E-state index in [4.69, 9.17) is 4.74 Å². The first-order chi connectivity index (χ1) is 14.0. The highest BCUT2D eigenvalue weighted by atomic mass is 19.1. The molecule has 0 unspecified atom stereocenters. The molecule has 2 atom stereocenters. The summed E-state index contributed by atoms with van der Waals surface area (Å²) >= 11 is 0. The summed E-state index contributed by atoms with van der Waals surface area (Å²) in [7, 11) is 1.62. The zero-order valence-electron chi connectivity index (χ0n) is 16.9. The van der Waals surface area contributed by atoms with Gasteiger partial charge in [-0.3, -0.25) is 9.59 Å². The molecule has 0 bridgehead atoms. The van der Waals surface area contributed by atoms with Gasteiger partial charge in [-0.15, -0.1) is 0 Å².